The molecule has 1 amide bonds. The fourth-order valence-corrected chi connectivity index (χ4v) is 4.44. The van der Waals surface area contributed by atoms with Gasteiger partial charge in [0.1, 0.15) is 0 Å². The lowest BCUT2D eigenvalue weighted by Gasteiger charge is -2.26. The van der Waals surface area contributed by atoms with Crippen molar-refractivity contribution in [2.45, 2.75) is 58.1 Å². The second-order valence-corrected chi connectivity index (χ2v) is 9.22. The van der Waals surface area contributed by atoms with Crippen LogP contribution in [0.1, 0.15) is 67.9 Å². The molecule has 4 rings (SSSR count). The maximum absolute atomic E-state index is 12.5. The van der Waals surface area contributed by atoms with E-state index in [2.05, 4.69) is 28.1 Å². The molecule has 0 saturated heterocycles. The van der Waals surface area contributed by atoms with Crippen LogP contribution in [0.25, 0.3) is 10.9 Å². The summed E-state index contributed by atoms with van der Waals surface area (Å²) in [6, 6.07) is 4.21. The molecule has 0 atom stereocenters. The predicted molar refractivity (Wildman–Crippen MR) is 112 cm³/mol. The molecule has 2 aromatic heterocycles. The molecule has 6 nitrogen and oxygen atoms in total. The molecule has 0 bridgehead atoms. The predicted octanol–water partition coefficient (Wildman–Crippen LogP) is 4.72. The molecule has 1 saturated carbocycles. The van der Waals surface area contributed by atoms with E-state index in [-0.39, 0.29) is 5.91 Å². The Morgan fingerprint density at radius 1 is 1.29 bits per heavy atom. The van der Waals surface area contributed by atoms with E-state index in [1.807, 2.05) is 12.1 Å². The van der Waals surface area contributed by atoms with Crippen LogP contribution in [0.4, 0.5) is 5.69 Å². The van der Waals surface area contributed by atoms with Gasteiger partial charge >= 0.3 is 0 Å². The van der Waals surface area contributed by atoms with Crippen LogP contribution in [-0.4, -0.2) is 25.8 Å². The highest BCUT2D eigenvalue weighted by atomic mass is 32.1. The van der Waals surface area contributed by atoms with Gasteiger partial charge in [-0.2, -0.15) is 5.10 Å². The Morgan fingerprint density at radius 2 is 2.04 bits per heavy atom. The molecular weight excluding hydrogens is 372 g/mol. The highest BCUT2D eigenvalue weighted by molar-refractivity contribution is 7.11. The van der Waals surface area contributed by atoms with Gasteiger partial charge in [0.2, 0.25) is 0 Å². The summed E-state index contributed by atoms with van der Waals surface area (Å²) in [7, 11) is 0. The Labute approximate surface area is 168 Å². The molecule has 0 aliphatic heterocycles. The molecule has 1 aromatic carbocycles. The number of hydrogen-bond acceptors (Lipinski definition) is 5. The molecule has 0 spiro atoms. The molecule has 2 heterocycles. The van der Waals surface area contributed by atoms with Crippen molar-refractivity contribution in [2.24, 2.45) is 5.92 Å². The van der Waals surface area contributed by atoms with Gasteiger partial charge in [0.05, 0.1) is 17.2 Å². The van der Waals surface area contributed by atoms with Crippen molar-refractivity contribution in [3.63, 3.8) is 0 Å². The maximum Gasteiger partial charge on any atom is 0.284 e. The fraction of sp³-hybridized carbons (Fsp3) is 0.476. The minimum absolute atomic E-state index is 0.270. The van der Waals surface area contributed by atoms with E-state index in [1.165, 1.54) is 24.2 Å². The van der Waals surface area contributed by atoms with Crippen molar-refractivity contribution in [1.29, 1.82) is 0 Å². The van der Waals surface area contributed by atoms with Gasteiger partial charge in [0.25, 0.3) is 5.91 Å². The number of amides is 1. The number of hydrogen-bond donors (Lipinski definition) is 2. The summed E-state index contributed by atoms with van der Waals surface area (Å²) >= 11 is 1.29. The highest BCUT2D eigenvalue weighted by Crippen LogP contribution is 2.35. The first-order valence-corrected chi connectivity index (χ1v) is 10.7. The number of benzene rings is 1. The van der Waals surface area contributed by atoms with Gasteiger partial charge < -0.3 is 10.4 Å². The Morgan fingerprint density at radius 3 is 2.68 bits per heavy atom. The van der Waals surface area contributed by atoms with E-state index in [0.717, 1.165) is 29.7 Å². The van der Waals surface area contributed by atoms with Crippen LogP contribution in [0.3, 0.4) is 0 Å². The van der Waals surface area contributed by atoms with Gasteiger partial charge in [-0.3, -0.25) is 9.48 Å². The van der Waals surface area contributed by atoms with Gasteiger partial charge in [-0.25, -0.2) is 4.98 Å². The van der Waals surface area contributed by atoms with Crippen LogP contribution in [-0.2, 0) is 5.60 Å². The second kappa shape index (κ2) is 7.29. The lowest BCUT2D eigenvalue weighted by atomic mass is 9.87. The fourth-order valence-electron chi connectivity index (χ4n) is 3.91. The largest absolute Gasteiger partial charge is 0.386 e. The van der Waals surface area contributed by atoms with E-state index in [0.29, 0.717) is 22.3 Å². The van der Waals surface area contributed by atoms with Gasteiger partial charge in [-0.1, -0.05) is 6.92 Å². The molecule has 1 aliphatic rings. The molecule has 1 aliphatic carbocycles. The lowest BCUT2D eigenvalue weighted by molar-refractivity contribution is 0.0794. The van der Waals surface area contributed by atoms with Crippen molar-refractivity contribution < 1.29 is 9.90 Å². The minimum atomic E-state index is -1.11. The van der Waals surface area contributed by atoms with E-state index in [4.69, 9.17) is 5.10 Å². The van der Waals surface area contributed by atoms with Gasteiger partial charge in [0.15, 0.2) is 5.01 Å². The van der Waals surface area contributed by atoms with E-state index >= 15 is 0 Å². The molecule has 3 aromatic rings. The molecular formula is C21H26N4O2S. The lowest BCUT2D eigenvalue weighted by Crippen LogP contribution is -2.21. The zero-order valence-electron chi connectivity index (χ0n) is 16.5. The van der Waals surface area contributed by atoms with Crippen LogP contribution in [0.15, 0.2) is 29.9 Å². The monoisotopic (exact) mass is 398 g/mol. The topological polar surface area (TPSA) is 80.0 Å². The van der Waals surface area contributed by atoms with Crippen molar-refractivity contribution in [2.75, 3.05) is 5.32 Å². The number of aliphatic hydroxyl groups is 1. The summed E-state index contributed by atoms with van der Waals surface area (Å²) in [6.45, 7) is 5.74. The van der Waals surface area contributed by atoms with Gasteiger partial charge in [0, 0.05) is 34.4 Å². The number of nitrogens with zero attached hydrogens (tertiary/aromatic N) is 3. The Hall–Kier alpha value is -2.25. The second-order valence-electron chi connectivity index (χ2n) is 8.33. The summed E-state index contributed by atoms with van der Waals surface area (Å²) in [4.78, 5) is 16.6. The standard InChI is InChI=1S/C21H26N4O2S/c1-13-4-6-15(7-5-13)25-12-14-10-18(23-19(26)20-22-8-9-28-20)16(21(2,3)27)11-17(14)24-25/h8-13,15,27H,4-7H2,1-3H3,(H,23,26). The summed E-state index contributed by atoms with van der Waals surface area (Å²) < 4.78 is 2.07. The summed E-state index contributed by atoms with van der Waals surface area (Å²) in [5, 5.41) is 21.5. The number of anilines is 1. The molecule has 28 heavy (non-hydrogen) atoms. The zero-order valence-corrected chi connectivity index (χ0v) is 17.3. The average Bonchev–Trinajstić information content (AvgIpc) is 3.30. The first-order valence-electron chi connectivity index (χ1n) is 9.78. The van der Waals surface area contributed by atoms with Gasteiger partial charge in [-0.15, -0.1) is 11.3 Å². The van der Waals surface area contributed by atoms with Crippen molar-refractivity contribution >= 4 is 33.8 Å². The number of nitrogens with one attached hydrogen (secondary N) is 1. The number of fused-ring (bicyclic) bond motifs is 1. The molecule has 7 heteroatoms. The molecule has 0 radical (unpaired) electrons. The normalized spacial score (nSPS) is 20.4. The highest BCUT2D eigenvalue weighted by Gasteiger charge is 2.25. The number of aromatic nitrogens is 3. The van der Waals surface area contributed by atoms with Crippen LogP contribution in [0, 0.1) is 5.92 Å². The van der Waals surface area contributed by atoms with Crippen molar-refractivity contribution in [1.82, 2.24) is 14.8 Å². The third-order valence-corrected chi connectivity index (χ3v) is 6.33. The number of rotatable bonds is 4. The zero-order chi connectivity index (χ0) is 19.9. The Balaban J connectivity index is 1.70. The Kier molecular flexibility index (Phi) is 4.97. The van der Waals surface area contributed by atoms with Crippen molar-refractivity contribution in [3.05, 3.63) is 40.5 Å². The van der Waals surface area contributed by atoms with Crippen LogP contribution >= 0.6 is 11.3 Å². The maximum atomic E-state index is 12.5. The molecule has 0 unspecified atom stereocenters. The van der Waals surface area contributed by atoms with Crippen LogP contribution < -0.4 is 5.32 Å². The van der Waals surface area contributed by atoms with Crippen LogP contribution in [0.2, 0.25) is 0 Å². The summed E-state index contributed by atoms with van der Waals surface area (Å²) in [5.41, 5.74) is 0.969. The minimum Gasteiger partial charge on any atom is -0.386 e. The SMILES string of the molecule is CC1CCC(n2cc3cc(NC(=O)c4nccs4)c(C(C)(C)O)cc3n2)CC1. The number of thiazole rings is 1. The first kappa shape index (κ1) is 19.1. The van der Waals surface area contributed by atoms with Crippen molar-refractivity contribution in [3.8, 4) is 0 Å². The first-order chi connectivity index (χ1) is 13.3. The third-order valence-electron chi connectivity index (χ3n) is 5.55. The van der Waals surface area contributed by atoms with E-state index < -0.39 is 5.60 Å². The van der Waals surface area contributed by atoms with E-state index in [1.54, 1.807) is 25.4 Å². The number of carbonyl (C=O) groups excluding carboxylic acids is 1. The molecule has 1 fully saturated rings. The summed E-state index contributed by atoms with van der Waals surface area (Å²) in [6.07, 6.45) is 8.40. The number of carbonyl (C=O) groups is 1. The Bertz CT molecular complexity index is 980. The van der Waals surface area contributed by atoms with Crippen LogP contribution in [0.5, 0.6) is 0 Å². The third kappa shape index (κ3) is 3.82. The average molecular weight is 399 g/mol. The summed E-state index contributed by atoms with van der Waals surface area (Å²) in [5.74, 6) is 0.518. The molecule has 2 N–H and O–H groups in total. The van der Waals surface area contributed by atoms with E-state index in [9.17, 15) is 9.90 Å². The quantitative estimate of drug-likeness (QED) is 0.666. The van der Waals surface area contributed by atoms with Gasteiger partial charge in [-0.05, 0) is 57.6 Å². The molecule has 148 valence electrons. The smallest absolute Gasteiger partial charge is 0.284 e.